The summed E-state index contributed by atoms with van der Waals surface area (Å²) in [6.07, 6.45) is 0.808. The van der Waals surface area contributed by atoms with Crippen LogP contribution >= 0.6 is 0 Å². The molecule has 5 rings (SSSR count). The van der Waals surface area contributed by atoms with Crippen LogP contribution < -0.4 is 14.2 Å². The highest BCUT2D eigenvalue weighted by atomic mass is 16.5. The summed E-state index contributed by atoms with van der Waals surface area (Å²) in [4.78, 5) is 0. The van der Waals surface area contributed by atoms with Crippen molar-refractivity contribution in [1.82, 2.24) is 0 Å². The Kier molecular flexibility index (Phi) is 5.33. The van der Waals surface area contributed by atoms with E-state index < -0.39 is 12.2 Å². The Morgan fingerprint density at radius 2 is 1.76 bits per heavy atom. The summed E-state index contributed by atoms with van der Waals surface area (Å²) in [5.74, 6) is 2.27. The molecule has 2 aliphatic rings. The number of phenols is 2. The first-order chi connectivity index (χ1) is 15.9. The molecule has 1 aliphatic carbocycles. The number of hydrogen-bond donors (Lipinski definition) is 3. The summed E-state index contributed by atoms with van der Waals surface area (Å²) in [6, 6.07) is 12.4. The highest BCUT2D eigenvalue weighted by Gasteiger charge is 2.37. The number of fused-ring (bicyclic) bond motifs is 5. The zero-order valence-electron chi connectivity index (χ0n) is 19.0. The van der Waals surface area contributed by atoms with E-state index in [1.807, 2.05) is 18.2 Å². The topological polar surface area (TPSA) is 88.4 Å². The number of benzene rings is 3. The van der Waals surface area contributed by atoms with Crippen LogP contribution in [0.25, 0.3) is 11.1 Å². The van der Waals surface area contributed by atoms with E-state index in [4.69, 9.17) is 14.2 Å². The van der Waals surface area contributed by atoms with Gasteiger partial charge in [0, 0.05) is 23.6 Å². The van der Waals surface area contributed by atoms with Crippen molar-refractivity contribution in [2.45, 2.75) is 44.3 Å². The first kappa shape index (κ1) is 21.5. The summed E-state index contributed by atoms with van der Waals surface area (Å²) in [5.41, 5.74) is 6.06. The molecule has 0 fully saturated rings. The third-order valence-corrected chi connectivity index (χ3v) is 6.89. The fourth-order valence-electron chi connectivity index (χ4n) is 5.30. The SMILES string of the molecule is CC[C@@H]1Cc2cc(O)ccc2-c2c(OC)cc3c(c21)C[C@@H](O)[C@@H](c1ccc(O)c(OC)c1)O3. The van der Waals surface area contributed by atoms with Gasteiger partial charge in [-0.2, -0.15) is 0 Å². The Labute approximate surface area is 193 Å². The molecule has 0 unspecified atom stereocenters. The lowest BCUT2D eigenvalue weighted by atomic mass is 9.73. The van der Waals surface area contributed by atoms with Crippen molar-refractivity contribution in [2.75, 3.05) is 14.2 Å². The number of hydrogen-bond acceptors (Lipinski definition) is 6. The maximum Gasteiger partial charge on any atom is 0.160 e. The van der Waals surface area contributed by atoms with Crippen molar-refractivity contribution < 1.29 is 29.5 Å². The van der Waals surface area contributed by atoms with Crippen LogP contribution in [-0.4, -0.2) is 35.6 Å². The summed E-state index contributed by atoms with van der Waals surface area (Å²) < 4.78 is 17.4. The third-order valence-electron chi connectivity index (χ3n) is 6.89. The largest absolute Gasteiger partial charge is 0.508 e. The number of rotatable bonds is 4. The Morgan fingerprint density at radius 3 is 2.48 bits per heavy atom. The van der Waals surface area contributed by atoms with E-state index in [1.165, 1.54) is 7.11 Å². The van der Waals surface area contributed by atoms with Gasteiger partial charge in [-0.3, -0.25) is 0 Å². The molecule has 3 aromatic rings. The minimum absolute atomic E-state index is 0.0400. The van der Waals surface area contributed by atoms with E-state index in [1.54, 1.807) is 31.4 Å². The van der Waals surface area contributed by atoms with Gasteiger partial charge in [-0.25, -0.2) is 0 Å². The van der Waals surface area contributed by atoms with Gasteiger partial charge in [0.25, 0.3) is 0 Å². The molecule has 33 heavy (non-hydrogen) atoms. The molecule has 6 nitrogen and oxygen atoms in total. The molecule has 172 valence electrons. The molecule has 3 aromatic carbocycles. The number of ether oxygens (including phenoxy) is 3. The minimum atomic E-state index is -0.761. The van der Waals surface area contributed by atoms with E-state index in [2.05, 4.69) is 6.92 Å². The van der Waals surface area contributed by atoms with Gasteiger partial charge in [-0.15, -0.1) is 0 Å². The molecular weight excluding hydrogens is 420 g/mol. The summed E-state index contributed by atoms with van der Waals surface area (Å²) in [5, 5.41) is 31.1. The quantitative estimate of drug-likeness (QED) is 0.528. The first-order valence-corrected chi connectivity index (χ1v) is 11.2. The second-order valence-corrected chi connectivity index (χ2v) is 8.74. The third kappa shape index (κ3) is 3.45. The lowest BCUT2D eigenvalue weighted by molar-refractivity contribution is 0.0201. The van der Waals surface area contributed by atoms with Gasteiger partial charge in [-0.05, 0) is 65.3 Å². The Bertz CT molecular complexity index is 1220. The van der Waals surface area contributed by atoms with E-state index in [0.717, 1.165) is 46.2 Å². The van der Waals surface area contributed by atoms with Crippen LogP contribution in [0.1, 0.15) is 47.6 Å². The number of phenolic OH excluding ortho intramolecular Hbond substituents is 2. The fourth-order valence-corrected chi connectivity index (χ4v) is 5.30. The molecule has 3 atom stereocenters. The lowest BCUT2D eigenvalue weighted by Gasteiger charge is -2.37. The molecule has 1 heterocycles. The van der Waals surface area contributed by atoms with Crippen LogP contribution in [0, 0.1) is 0 Å². The highest BCUT2D eigenvalue weighted by Crippen LogP contribution is 2.53. The van der Waals surface area contributed by atoms with Crippen LogP contribution in [0.2, 0.25) is 0 Å². The van der Waals surface area contributed by atoms with Crippen LogP contribution in [0.5, 0.6) is 28.7 Å². The van der Waals surface area contributed by atoms with E-state index in [0.29, 0.717) is 23.7 Å². The Balaban J connectivity index is 1.65. The van der Waals surface area contributed by atoms with Crippen molar-refractivity contribution in [2.24, 2.45) is 0 Å². The zero-order valence-corrected chi connectivity index (χ0v) is 19.0. The van der Waals surface area contributed by atoms with Crippen LogP contribution in [0.15, 0.2) is 42.5 Å². The van der Waals surface area contributed by atoms with Crippen molar-refractivity contribution in [1.29, 1.82) is 0 Å². The van der Waals surface area contributed by atoms with Crippen molar-refractivity contribution >= 4 is 0 Å². The van der Waals surface area contributed by atoms with Gasteiger partial charge < -0.3 is 29.5 Å². The molecule has 0 radical (unpaired) electrons. The standard InChI is InChI=1S/C27H28O6/c1-4-14-9-16-10-17(28)6-7-18(16)26-24(32-3)13-22-19(25(14)26)12-21(30)27(33-22)15-5-8-20(29)23(11-15)31-2/h5-8,10-11,13-14,21,27-30H,4,9,12H2,1-3H3/t14-,21-,27-/m1/s1. The van der Waals surface area contributed by atoms with Crippen LogP contribution in [-0.2, 0) is 12.8 Å². The second kappa shape index (κ2) is 8.19. The second-order valence-electron chi connectivity index (χ2n) is 8.74. The molecule has 3 N–H and O–H groups in total. The molecule has 1 aliphatic heterocycles. The monoisotopic (exact) mass is 448 g/mol. The maximum atomic E-state index is 11.1. The maximum absolute atomic E-state index is 11.1. The molecular formula is C27H28O6. The number of methoxy groups -OCH3 is 2. The van der Waals surface area contributed by atoms with Crippen molar-refractivity contribution in [3.63, 3.8) is 0 Å². The first-order valence-electron chi connectivity index (χ1n) is 11.2. The fraction of sp³-hybridized carbons (Fsp3) is 0.333. The predicted molar refractivity (Wildman–Crippen MR) is 125 cm³/mol. The van der Waals surface area contributed by atoms with Crippen LogP contribution in [0.3, 0.4) is 0 Å². The summed E-state index contributed by atoms with van der Waals surface area (Å²) in [7, 11) is 3.14. The minimum Gasteiger partial charge on any atom is -0.508 e. The summed E-state index contributed by atoms with van der Waals surface area (Å²) in [6.45, 7) is 2.15. The Morgan fingerprint density at radius 1 is 0.970 bits per heavy atom. The average Bonchev–Trinajstić information content (AvgIpc) is 2.82. The van der Waals surface area contributed by atoms with E-state index >= 15 is 0 Å². The molecule has 0 spiro atoms. The molecule has 0 saturated heterocycles. The summed E-state index contributed by atoms with van der Waals surface area (Å²) >= 11 is 0. The van der Waals surface area contributed by atoms with E-state index in [-0.39, 0.29) is 17.4 Å². The molecule has 0 amide bonds. The lowest BCUT2D eigenvalue weighted by Crippen LogP contribution is -2.32. The molecule has 6 heteroatoms. The van der Waals surface area contributed by atoms with Gasteiger partial charge in [0.05, 0.1) is 20.3 Å². The van der Waals surface area contributed by atoms with Gasteiger partial charge in [-0.1, -0.05) is 19.1 Å². The smallest absolute Gasteiger partial charge is 0.160 e. The van der Waals surface area contributed by atoms with Crippen molar-refractivity contribution in [3.8, 4) is 39.9 Å². The molecule has 0 bridgehead atoms. The van der Waals surface area contributed by atoms with Gasteiger partial charge in [0.15, 0.2) is 11.5 Å². The van der Waals surface area contributed by atoms with Crippen LogP contribution in [0.4, 0.5) is 0 Å². The van der Waals surface area contributed by atoms with Crippen molar-refractivity contribution in [3.05, 3.63) is 64.7 Å². The van der Waals surface area contributed by atoms with Gasteiger partial charge >= 0.3 is 0 Å². The molecule has 0 saturated carbocycles. The van der Waals surface area contributed by atoms with E-state index in [9.17, 15) is 15.3 Å². The molecule has 0 aromatic heterocycles. The zero-order chi connectivity index (χ0) is 23.3. The number of aromatic hydroxyl groups is 2. The average molecular weight is 449 g/mol. The Hall–Kier alpha value is -3.38. The van der Waals surface area contributed by atoms with Gasteiger partial charge in [0.2, 0.25) is 0 Å². The number of aliphatic hydroxyl groups is 1. The number of aliphatic hydroxyl groups excluding tert-OH is 1. The predicted octanol–water partition coefficient (Wildman–Crippen LogP) is 4.87. The normalized spacial score (nSPS) is 20.8. The van der Waals surface area contributed by atoms with Gasteiger partial charge in [0.1, 0.15) is 23.4 Å². The highest BCUT2D eigenvalue weighted by molar-refractivity contribution is 5.83.